The molecule has 3 heterocycles. The van der Waals surface area contributed by atoms with Gasteiger partial charge in [-0.25, -0.2) is 4.98 Å². The number of rotatable bonds is 3. The van der Waals surface area contributed by atoms with Crippen molar-refractivity contribution in [1.82, 2.24) is 14.8 Å². The Labute approximate surface area is 132 Å². The van der Waals surface area contributed by atoms with E-state index >= 15 is 0 Å². The second-order valence-corrected chi connectivity index (χ2v) is 6.76. The highest BCUT2D eigenvalue weighted by molar-refractivity contribution is 6.31. The number of anilines is 1. The number of fused-ring (bicyclic) bond motifs is 1. The van der Waals surface area contributed by atoms with Gasteiger partial charge in [0.15, 0.2) is 0 Å². The van der Waals surface area contributed by atoms with Crippen LogP contribution < -0.4 is 5.32 Å². The standard InChI is InChI=1S/C16H25ClN4/c1-18-16-6-5-13(17)14(19-16)11-21-9-7-15-12(10-21)4-3-8-20(15)2/h5-6,12,15H,3-4,7-11H2,1-2H3,(H,18,19). The molecule has 2 atom stereocenters. The molecule has 4 nitrogen and oxygen atoms in total. The second-order valence-electron chi connectivity index (χ2n) is 6.35. The molecule has 116 valence electrons. The van der Waals surface area contributed by atoms with Crippen LogP contribution in [0.5, 0.6) is 0 Å². The first-order valence-corrected chi connectivity index (χ1v) is 8.31. The van der Waals surface area contributed by atoms with E-state index in [1.54, 1.807) is 0 Å². The van der Waals surface area contributed by atoms with Crippen LogP contribution in [0.1, 0.15) is 25.0 Å². The molecule has 1 aromatic rings. The predicted molar refractivity (Wildman–Crippen MR) is 87.8 cm³/mol. The third-order valence-corrected chi connectivity index (χ3v) is 5.32. The number of likely N-dealkylation sites (tertiary alicyclic amines) is 2. The van der Waals surface area contributed by atoms with E-state index in [-0.39, 0.29) is 0 Å². The van der Waals surface area contributed by atoms with Crippen molar-refractivity contribution in [3.05, 3.63) is 22.8 Å². The first kappa shape index (κ1) is 15.1. The molecule has 0 bridgehead atoms. The summed E-state index contributed by atoms with van der Waals surface area (Å²) >= 11 is 6.31. The Hall–Kier alpha value is -0.840. The molecule has 1 aromatic heterocycles. The first-order valence-electron chi connectivity index (χ1n) is 7.93. The maximum Gasteiger partial charge on any atom is 0.126 e. The molecule has 1 N–H and O–H groups in total. The summed E-state index contributed by atoms with van der Waals surface area (Å²) in [6.45, 7) is 4.45. The van der Waals surface area contributed by atoms with Crippen LogP contribution in [-0.2, 0) is 6.54 Å². The van der Waals surface area contributed by atoms with Gasteiger partial charge in [-0.05, 0) is 50.9 Å². The van der Waals surface area contributed by atoms with Gasteiger partial charge in [-0.3, -0.25) is 4.90 Å². The van der Waals surface area contributed by atoms with E-state index in [2.05, 4.69) is 27.1 Å². The zero-order valence-corrected chi connectivity index (χ0v) is 13.7. The van der Waals surface area contributed by atoms with Crippen molar-refractivity contribution in [3.63, 3.8) is 0 Å². The Kier molecular flexibility index (Phi) is 4.67. The topological polar surface area (TPSA) is 31.4 Å². The normalized spacial score (nSPS) is 27.4. The molecule has 0 saturated carbocycles. The average molecular weight is 309 g/mol. The number of pyridine rings is 1. The molecule has 0 amide bonds. The lowest BCUT2D eigenvalue weighted by atomic mass is 9.84. The summed E-state index contributed by atoms with van der Waals surface area (Å²) in [5, 5.41) is 3.86. The quantitative estimate of drug-likeness (QED) is 0.930. The maximum absolute atomic E-state index is 6.31. The van der Waals surface area contributed by atoms with Gasteiger partial charge in [0.05, 0.1) is 10.7 Å². The monoisotopic (exact) mass is 308 g/mol. The van der Waals surface area contributed by atoms with Gasteiger partial charge >= 0.3 is 0 Å². The van der Waals surface area contributed by atoms with Crippen LogP contribution in [0.25, 0.3) is 0 Å². The van der Waals surface area contributed by atoms with Gasteiger partial charge in [-0.2, -0.15) is 0 Å². The third kappa shape index (κ3) is 3.33. The van der Waals surface area contributed by atoms with E-state index in [0.29, 0.717) is 0 Å². The lowest BCUT2D eigenvalue weighted by molar-refractivity contribution is 0.0350. The summed E-state index contributed by atoms with van der Waals surface area (Å²) in [5.74, 6) is 1.70. The molecule has 2 saturated heterocycles. The van der Waals surface area contributed by atoms with Crippen molar-refractivity contribution in [3.8, 4) is 0 Å². The number of aromatic nitrogens is 1. The molecule has 0 aliphatic carbocycles. The molecule has 0 radical (unpaired) electrons. The van der Waals surface area contributed by atoms with Gasteiger partial charge in [0, 0.05) is 32.7 Å². The fourth-order valence-corrected chi connectivity index (χ4v) is 3.98. The number of hydrogen-bond donors (Lipinski definition) is 1. The lowest BCUT2D eigenvalue weighted by Gasteiger charge is -2.46. The van der Waals surface area contributed by atoms with Crippen molar-refractivity contribution >= 4 is 17.4 Å². The van der Waals surface area contributed by atoms with Gasteiger partial charge in [-0.15, -0.1) is 0 Å². The summed E-state index contributed by atoms with van der Waals surface area (Å²) in [7, 11) is 4.17. The Morgan fingerprint density at radius 1 is 1.33 bits per heavy atom. The van der Waals surface area contributed by atoms with Gasteiger partial charge in [0.2, 0.25) is 0 Å². The van der Waals surface area contributed by atoms with Crippen LogP contribution in [0.15, 0.2) is 12.1 Å². The minimum Gasteiger partial charge on any atom is -0.373 e. The fourth-order valence-electron chi connectivity index (χ4n) is 3.82. The maximum atomic E-state index is 6.31. The number of hydrogen-bond acceptors (Lipinski definition) is 4. The van der Waals surface area contributed by atoms with E-state index in [9.17, 15) is 0 Å². The van der Waals surface area contributed by atoms with Crippen LogP contribution in [0.2, 0.25) is 5.02 Å². The van der Waals surface area contributed by atoms with Gasteiger partial charge in [-0.1, -0.05) is 11.6 Å². The Balaban J connectivity index is 1.66. The van der Waals surface area contributed by atoms with Crippen molar-refractivity contribution < 1.29 is 0 Å². The Bertz CT molecular complexity index is 493. The largest absolute Gasteiger partial charge is 0.373 e. The summed E-state index contributed by atoms with van der Waals surface area (Å²) in [6.07, 6.45) is 3.97. The molecule has 2 fully saturated rings. The van der Waals surface area contributed by atoms with Gasteiger partial charge < -0.3 is 10.2 Å². The number of nitrogens with one attached hydrogen (secondary N) is 1. The third-order valence-electron chi connectivity index (χ3n) is 4.98. The zero-order valence-electron chi connectivity index (χ0n) is 13.0. The van der Waals surface area contributed by atoms with Crippen molar-refractivity contribution in [2.24, 2.45) is 5.92 Å². The molecule has 0 aromatic carbocycles. The highest BCUT2D eigenvalue weighted by Gasteiger charge is 2.34. The number of nitrogens with zero attached hydrogens (tertiary/aromatic N) is 3. The minimum absolute atomic E-state index is 0.775. The lowest BCUT2D eigenvalue weighted by Crippen LogP contribution is -2.52. The zero-order chi connectivity index (χ0) is 14.8. The molecular formula is C16H25ClN4. The summed E-state index contributed by atoms with van der Waals surface area (Å²) in [5.41, 5.74) is 0.992. The van der Waals surface area contributed by atoms with E-state index in [4.69, 9.17) is 11.6 Å². The van der Waals surface area contributed by atoms with Crippen molar-refractivity contribution in [2.75, 3.05) is 39.0 Å². The average Bonchev–Trinajstić information content (AvgIpc) is 2.50. The molecule has 2 aliphatic rings. The fraction of sp³-hybridized carbons (Fsp3) is 0.688. The smallest absolute Gasteiger partial charge is 0.126 e. The Morgan fingerprint density at radius 3 is 3.00 bits per heavy atom. The predicted octanol–water partition coefficient (Wildman–Crippen LogP) is 2.69. The van der Waals surface area contributed by atoms with Crippen molar-refractivity contribution in [2.45, 2.75) is 31.8 Å². The highest BCUT2D eigenvalue weighted by Crippen LogP contribution is 2.30. The SMILES string of the molecule is CNc1ccc(Cl)c(CN2CCC3C(CCCN3C)C2)n1. The first-order chi connectivity index (χ1) is 10.2. The van der Waals surface area contributed by atoms with E-state index in [1.165, 1.54) is 32.4 Å². The number of halogens is 1. The Morgan fingerprint density at radius 2 is 2.19 bits per heavy atom. The molecule has 3 rings (SSSR count). The number of piperidine rings is 2. The van der Waals surface area contributed by atoms with E-state index in [1.807, 2.05) is 19.2 Å². The van der Waals surface area contributed by atoms with Gasteiger partial charge in [0.25, 0.3) is 0 Å². The summed E-state index contributed by atoms with van der Waals surface area (Å²) in [6, 6.07) is 4.65. The summed E-state index contributed by atoms with van der Waals surface area (Å²) in [4.78, 5) is 9.68. The molecule has 2 aliphatic heterocycles. The van der Waals surface area contributed by atoms with Gasteiger partial charge in [0.1, 0.15) is 5.82 Å². The van der Waals surface area contributed by atoms with E-state index in [0.717, 1.165) is 41.6 Å². The van der Waals surface area contributed by atoms with Crippen LogP contribution in [0, 0.1) is 5.92 Å². The van der Waals surface area contributed by atoms with Crippen LogP contribution in [-0.4, -0.2) is 54.6 Å². The van der Waals surface area contributed by atoms with E-state index < -0.39 is 0 Å². The van der Waals surface area contributed by atoms with Crippen molar-refractivity contribution in [1.29, 1.82) is 0 Å². The van der Waals surface area contributed by atoms with Crippen LogP contribution in [0.3, 0.4) is 0 Å². The minimum atomic E-state index is 0.775. The molecule has 0 spiro atoms. The highest BCUT2D eigenvalue weighted by atomic mass is 35.5. The summed E-state index contributed by atoms with van der Waals surface area (Å²) < 4.78 is 0. The molecule has 5 heteroatoms. The molecule has 21 heavy (non-hydrogen) atoms. The van der Waals surface area contributed by atoms with Crippen LogP contribution >= 0.6 is 11.6 Å². The molecule has 2 unspecified atom stereocenters. The van der Waals surface area contributed by atoms with Crippen LogP contribution in [0.4, 0.5) is 5.82 Å². The molecular weight excluding hydrogens is 284 g/mol. The second kappa shape index (κ2) is 6.51.